The molecule has 0 spiro atoms. The van der Waals surface area contributed by atoms with E-state index in [1.165, 1.54) is 4.90 Å². The van der Waals surface area contributed by atoms with Crippen molar-refractivity contribution in [3.63, 3.8) is 0 Å². The van der Waals surface area contributed by atoms with E-state index in [-0.39, 0.29) is 17.6 Å². The third-order valence-electron chi connectivity index (χ3n) is 9.99. The number of carbonyl (C=O) groups is 3. The Bertz CT molecular complexity index is 1920. The summed E-state index contributed by atoms with van der Waals surface area (Å²) in [6.45, 7) is 1.86. The molecule has 5 heteroatoms. The molecule has 8 rings (SSSR count). The van der Waals surface area contributed by atoms with Crippen LogP contribution in [0.15, 0.2) is 140 Å². The molecule has 0 aromatic heterocycles. The van der Waals surface area contributed by atoms with Crippen LogP contribution in [-0.2, 0) is 25.2 Å². The molecule has 1 heterocycles. The van der Waals surface area contributed by atoms with E-state index < -0.39 is 22.7 Å². The van der Waals surface area contributed by atoms with Crippen molar-refractivity contribution in [2.24, 2.45) is 11.8 Å². The normalized spacial score (nSPS) is 25.3. The van der Waals surface area contributed by atoms with Gasteiger partial charge in [0.2, 0.25) is 11.8 Å². The topological polar surface area (TPSA) is 54.5 Å². The van der Waals surface area contributed by atoms with Crippen LogP contribution in [0.1, 0.15) is 27.8 Å². The molecule has 5 aromatic rings. The third kappa shape index (κ3) is 3.46. The van der Waals surface area contributed by atoms with Gasteiger partial charge in [0.15, 0.2) is 5.78 Å². The van der Waals surface area contributed by atoms with Crippen LogP contribution in [0.2, 0.25) is 5.02 Å². The number of halogens is 1. The second kappa shape index (κ2) is 9.98. The average molecular weight is 606 g/mol. The minimum Gasteiger partial charge on any atom is -0.297 e. The number of benzene rings is 5. The number of ketones is 1. The average Bonchev–Trinajstić information content (AvgIpc) is 3.59. The predicted molar refractivity (Wildman–Crippen MR) is 177 cm³/mol. The maximum atomic E-state index is 15.9. The molecule has 2 bridgehead atoms. The Morgan fingerprint density at radius 2 is 0.956 bits per heavy atom. The van der Waals surface area contributed by atoms with E-state index in [4.69, 9.17) is 11.6 Å². The molecular formula is C40H28ClNO3. The van der Waals surface area contributed by atoms with Crippen LogP contribution >= 0.6 is 11.6 Å². The molecule has 4 atom stereocenters. The smallest absolute Gasteiger partial charge is 0.239 e. The first-order valence-corrected chi connectivity index (χ1v) is 15.5. The second-order valence-electron chi connectivity index (χ2n) is 12.1. The quantitative estimate of drug-likeness (QED) is 0.192. The zero-order chi connectivity index (χ0) is 30.9. The van der Waals surface area contributed by atoms with E-state index in [0.717, 1.165) is 27.8 Å². The molecule has 45 heavy (non-hydrogen) atoms. The van der Waals surface area contributed by atoms with Gasteiger partial charge in [-0.05, 0) is 58.0 Å². The van der Waals surface area contributed by atoms with Crippen molar-refractivity contribution < 1.29 is 14.4 Å². The molecule has 4 nitrogen and oxygen atoms in total. The van der Waals surface area contributed by atoms with Gasteiger partial charge in [-0.3, -0.25) is 14.4 Å². The first-order chi connectivity index (χ1) is 21.9. The van der Waals surface area contributed by atoms with Crippen LogP contribution in [0.25, 0.3) is 11.1 Å². The zero-order valence-electron chi connectivity index (χ0n) is 24.5. The Hall–Kier alpha value is -5.06. The number of hydrogen-bond donors (Lipinski definition) is 0. The van der Waals surface area contributed by atoms with E-state index >= 15 is 14.4 Å². The van der Waals surface area contributed by atoms with Crippen molar-refractivity contribution in [1.82, 2.24) is 0 Å². The molecule has 5 aromatic carbocycles. The number of nitrogens with zero attached hydrogens (tertiary/aromatic N) is 1. The highest BCUT2D eigenvalue weighted by atomic mass is 35.5. The summed E-state index contributed by atoms with van der Waals surface area (Å²) in [5.74, 6) is -2.84. The zero-order valence-corrected chi connectivity index (χ0v) is 25.2. The summed E-state index contributed by atoms with van der Waals surface area (Å²) in [6.07, 6.45) is 0. The number of anilines is 1. The fourth-order valence-corrected chi connectivity index (χ4v) is 8.56. The fraction of sp³-hybridized carbons (Fsp3) is 0.125. The van der Waals surface area contributed by atoms with Crippen LogP contribution in [0.5, 0.6) is 0 Å². The highest BCUT2D eigenvalue weighted by Crippen LogP contribution is 2.74. The number of aryl methyl sites for hydroxylation is 1. The SMILES string of the molecule is Cc1ccc(Cl)cc1N1C(=O)[C@@H]2[C@H](C1=O)[C@@]1(c3ccccc3)C(=O)[C@@]2(c2ccccc2)C(c2ccccc2)=C1c1ccccc1. The lowest BCUT2D eigenvalue weighted by Crippen LogP contribution is -2.45. The number of imide groups is 1. The molecule has 3 aliphatic rings. The molecular weight excluding hydrogens is 578 g/mol. The van der Waals surface area contributed by atoms with Crippen LogP contribution in [0, 0.1) is 18.8 Å². The van der Waals surface area contributed by atoms with E-state index in [9.17, 15) is 0 Å². The summed E-state index contributed by atoms with van der Waals surface area (Å²) >= 11 is 6.45. The van der Waals surface area contributed by atoms with Crippen molar-refractivity contribution in [1.29, 1.82) is 0 Å². The highest BCUT2D eigenvalue weighted by Gasteiger charge is 2.82. The molecule has 2 amide bonds. The minimum atomic E-state index is -1.43. The second-order valence-corrected chi connectivity index (χ2v) is 12.5. The number of fused-ring (bicyclic) bond motifs is 5. The van der Waals surface area contributed by atoms with E-state index in [2.05, 4.69) is 0 Å². The Morgan fingerprint density at radius 3 is 1.38 bits per heavy atom. The van der Waals surface area contributed by atoms with Gasteiger partial charge in [0.1, 0.15) is 0 Å². The Labute approximate surface area is 266 Å². The van der Waals surface area contributed by atoms with Gasteiger partial charge in [0.05, 0.1) is 28.4 Å². The van der Waals surface area contributed by atoms with E-state index in [1.807, 2.05) is 134 Å². The van der Waals surface area contributed by atoms with Crippen LogP contribution < -0.4 is 4.90 Å². The van der Waals surface area contributed by atoms with Crippen LogP contribution in [0.3, 0.4) is 0 Å². The van der Waals surface area contributed by atoms with Crippen LogP contribution in [-0.4, -0.2) is 17.6 Å². The lowest BCUT2D eigenvalue weighted by molar-refractivity contribution is -0.130. The van der Waals surface area contributed by atoms with Gasteiger partial charge in [-0.1, -0.05) is 139 Å². The van der Waals surface area contributed by atoms with E-state index in [1.54, 1.807) is 12.1 Å². The van der Waals surface area contributed by atoms with Crippen molar-refractivity contribution in [3.8, 4) is 0 Å². The molecule has 218 valence electrons. The molecule has 1 aliphatic heterocycles. The van der Waals surface area contributed by atoms with Gasteiger partial charge < -0.3 is 0 Å². The molecule has 0 N–H and O–H groups in total. The summed E-state index contributed by atoms with van der Waals surface area (Å²) in [5.41, 5.74) is 3.02. The highest BCUT2D eigenvalue weighted by molar-refractivity contribution is 6.39. The Morgan fingerprint density at radius 1 is 0.556 bits per heavy atom. The Balaban J connectivity index is 1.56. The van der Waals surface area contributed by atoms with Gasteiger partial charge in [-0.15, -0.1) is 0 Å². The first kappa shape index (κ1) is 27.5. The molecule has 0 unspecified atom stereocenters. The number of rotatable bonds is 5. The van der Waals surface area contributed by atoms with Gasteiger partial charge in [0.25, 0.3) is 0 Å². The van der Waals surface area contributed by atoms with Gasteiger partial charge in [-0.25, -0.2) is 4.90 Å². The van der Waals surface area contributed by atoms with Crippen molar-refractivity contribution >= 4 is 46.0 Å². The van der Waals surface area contributed by atoms with E-state index in [0.29, 0.717) is 21.8 Å². The summed E-state index contributed by atoms with van der Waals surface area (Å²) in [5, 5.41) is 0.427. The standard InChI is InChI=1S/C40H28ClNO3/c1-25-22-23-30(41)24-31(25)42-36(43)34-35(37(42)44)40(29-20-12-5-13-21-29)33(27-16-8-3-9-17-27)32(26-14-6-2-7-15-26)39(34,38(40)45)28-18-10-4-11-19-28/h2-24,34-35H,1H3/t34-,35+,39-,40-/m0/s1. The molecule has 1 saturated heterocycles. The summed E-state index contributed by atoms with van der Waals surface area (Å²) < 4.78 is 0. The molecule has 2 aliphatic carbocycles. The number of carbonyl (C=O) groups excluding carboxylic acids is 3. The molecule has 2 fully saturated rings. The minimum absolute atomic E-state index is 0.135. The van der Waals surface area contributed by atoms with Crippen molar-refractivity contribution in [3.05, 3.63) is 172 Å². The third-order valence-corrected chi connectivity index (χ3v) is 10.2. The number of amides is 2. The number of Topliss-reactive ketones (excluding diaryl/α,β-unsaturated/α-hetero) is 1. The van der Waals surface area contributed by atoms with Gasteiger partial charge in [-0.2, -0.15) is 0 Å². The maximum absolute atomic E-state index is 15.9. The first-order valence-electron chi connectivity index (χ1n) is 15.1. The fourth-order valence-electron chi connectivity index (χ4n) is 8.39. The lowest BCUT2D eigenvalue weighted by atomic mass is 9.59. The summed E-state index contributed by atoms with van der Waals surface area (Å²) in [4.78, 5) is 47.3. The predicted octanol–water partition coefficient (Wildman–Crippen LogP) is 7.84. The maximum Gasteiger partial charge on any atom is 0.239 e. The monoisotopic (exact) mass is 605 g/mol. The largest absolute Gasteiger partial charge is 0.297 e. The summed E-state index contributed by atoms with van der Waals surface area (Å²) in [6, 6.07) is 44.1. The molecule has 1 saturated carbocycles. The molecule has 0 radical (unpaired) electrons. The summed E-state index contributed by atoms with van der Waals surface area (Å²) in [7, 11) is 0. The number of hydrogen-bond acceptors (Lipinski definition) is 3. The van der Waals surface area contributed by atoms with Gasteiger partial charge in [0, 0.05) is 5.02 Å². The van der Waals surface area contributed by atoms with Crippen molar-refractivity contribution in [2.45, 2.75) is 17.8 Å². The lowest BCUT2D eigenvalue weighted by Gasteiger charge is -2.39. The van der Waals surface area contributed by atoms with Crippen molar-refractivity contribution in [2.75, 3.05) is 4.90 Å². The van der Waals surface area contributed by atoms with Crippen LogP contribution in [0.4, 0.5) is 5.69 Å². The van der Waals surface area contributed by atoms with Gasteiger partial charge >= 0.3 is 0 Å². The number of allylic oxidation sites excluding steroid dienone is 2. The Kier molecular flexibility index (Phi) is 6.10.